The van der Waals surface area contributed by atoms with Gasteiger partial charge in [-0.05, 0) is 74.1 Å². The number of nitrogens with zero attached hydrogens (tertiary/aromatic N) is 4. The molecule has 6 nitrogen and oxygen atoms in total. The average Bonchev–Trinajstić information content (AvgIpc) is 3.52. The summed E-state index contributed by atoms with van der Waals surface area (Å²) >= 11 is 0. The molecule has 1 aromatic carbocycles. The standard InChI is InChI=1S/C24H27FN4O2/c1-31-24(30)23-6-3-13-28(23)18-11-14-27(15-12-18)16-21-20-4-2-5-22(20)29(26-21)19-9-7-17(25)8-10-19/h3,6-10,13,18H,2,4-5,11-12,14-16H2,1H3. The Hall–Kier alpha value is -2.93. The molecule has 0 bridgehead atoms. The van der Waals surface area contributed by atoms with E-state index in [4.69, 9.17) is 9.84 Å². The number of benzene rings is 1. The zero-order valence-corrected chi connectivity index (χ0v) is 17.8. The van der Waals surface area contributed by atoms with E-state index in [1.54, 1.807) is 12.1 Å². The quantitative estimate of drug-likeness (QED) is 0.585. The van der Waals surface area contributed by atoms with Crippen LogP contribution in [0.15, 0.2) is 42.6 Å². The van der Waals surface area contributed by atoms with Gasteiger partial charge in [0.25, 0.3) is 0 Å². The topological polar surface area (TPSA) is 52.3 Å². The number of aromatic nitrogens is 3. The third-order valence-corrected chi connectivity index (χ3v) is 6.58. The van der Waals surface area contributed by atoms with Crippen LogP contribution in [0.1, 0.15) is 52.7 Å². The molecule has 3 aromatic rings. The Morgan fingerprint density at radius 3 is 2.68 bits per heavy atom. The Labute approximate surface area is 181 Å². The van der Waals surface area contributed by atoms with Gasteiger partial charge in [-0.15, -0.1) is 0 Å². The van der Waals surface area contributed by atoms with Crippen molar-refractivity contribution in [2.75, 3.05) is 20.2 Å². The van der Waals surface area contributed by atoms with E-state index in [1.165, 1.54) is 30.5 Å². The van der Waals surface area contributed by atoms with Crippen LogP contribution in [0.2, 0.25) is 0 Å². The summed E-state index contributed by atoms with van der Waals surface area (Å²) in [5, 5.41) is 4.93. The molecule has 31 heavy (non-hydrogen) atoms. The Bertz CT molecular complexity index is 1080. The molecule has 0 radical (unpaired) electrons. The van der Waals surface area contributed by atoms with Gasteiger partial charge >= 0.3 is 5.97 Å². The number of piperidine rings is 1. The van der Waals surface area contributed by atoms with Crippen molar-refractivity contribution < 1.29 is 13.9 Å². The van der Waals surface area contributed by atoms with Gasteiger partial charge in [-0.2, -0.15) is 5.10 Å². The van der Waals surface area contributed by atoms with E-state index in [-0.39, 0.29) is 11.8 Å². The van der Waals surface area contributed by atoms with Crippen LogP contribution in [0.25, 0.3) is 5.69 Å². The maximum absolute atomic E-state index is 13.3. The lowest BCUT2D eigenvalue weighted by Gasteiger charge is -2.33. The number of hydrogen-bond donors (Lipinski definition) is 0. The highest BCUT2D eigenvalue weighted by molar-refractivity contribution is 5.87. The molecule has 0 atom stereocenters. The van der Waals surface area contributed by atoms with Crippen molar-refractivity contribution in [3.8, 4) is 5.69 Å². The van der Waals surface area contributed by atoms with Gasteiger partial charge in [0.05, 0.1) is 18.5 Å². The minimum absolute atomic E-state index is 0.228. The molecule has 2 aliphatic rings. The van der Waals surface area contributed by atoms with Crippen molar-refractivity contribution >= 4 is 5.97 Å². The van der Waals surface area contributed by atoms with Crippen molar-refractivity contribution in [2.24, 2.45) is 0 Å². The molecule has 1 fully saturated rings. The molecule has 1 saturated heterocycles. The van der Waals surface area contributed by atoms with Crippen LogP contribution in [-0.2, 0) is 24.1 Å². The lowest BCUT2D eigenvalue weighted by atomic mass is 10.0. The van der Waals surface area contributed by atoms with Crippen LogP contribution in [-0.4, -0.2) is 45.4 Å². The summed E-state index contributed by atoms with van der Waals surface area (Å²) in [5.41, 5.74) is 5.33. The highest BCUT2D eigenvalue weighted by atomic mass is 19.1. The first-order chi connectivity index (χ1) is 15.1. The number of fused-ring (bicyclic) bond motifs is 1. The van der Waals surface area contributed by atoms with Crippen LogP contribution in [0.4, 0.5) is 4.39 Å². The number of likely N-dealkylation sites (tertiary alicyclic amines) is 1. The molecule has 162 valence electrons. The van der Waals surface area contributed by atoms with Crippen LogP contribution in [0, 0.1) is 5.82 Å². The van der Waals surface area contributed by atoms with E-state index >= 15 is 0 Å². The number of halogens is 1. The summed E-state index contributed by atoms with van der Waals surface area (Å²) in [6.07, 6.45) is 7.18. The molecule has 0 amide bonds. The van der Waals surface area contributed by atoms with Crippen LogP contribution in [0.5, 0.6) is 0 Å². The van der Waals surface area contributed by atoms with Crippen molar-refractivity contribution in [1.29, 1.82) is 0 Å². The molecule has 0 unspecified atom stereocenters. The highest BCUT2D eigenvalue weighted by Gasteiger charge is 2.27. The third-order valence-electron chi connectivity index (χ3n) is 6.58. The second-order valence-corrected chi connectivity index (χ2v) is 8.41. The number of methoxy groups -OCH3 is 1. The lowest BCUT2D eigenvalue weighted by molar-refractivity contribution is 0.0581. The second-order valence-electron chi connectivity index (χ2n) is 8.41. The Morgan fingerprint density at radius 1 is 1.16 bits per heavy atom. The zero-order chi connectivity index (χ0) is 21.4. The Kier molecular flexibility index (Phi) is 5.36. The maximum Gasteiger partial charge on any atom is 0.354 e. The number of esters is 1. The molecule has 2 aromatic heterocycles. The summed E-state index contributed by atoms with van der Waals surface area (Å²) in [5.74, 6) is -0.511. The number of carbonyl (C=O) groups excluding carboxylic acids is 1. The van der Waals surface area contributed by atoms with Crippen molar-refractivity contribution in [2.45, 2.75) is 44.7 Å². The van der Waals surface area contributed by atoms with Gasteiger partial charge < -0.3 is 9.30 Å². The summed E-state index contributed by atoms with van der Waals surface area (Å²) in [4.78, 5) is 14.5. The summed E-state index contributed by atoms with van der Waals surface area (Å²) in [6, 6.07) is 10.6. The molecule has 0 saturated carbocycles. The van der Waals surface area contributed by atoms with E-state index in [0.29, 0.717) is 11.7 Å². The maximum atomic E-state index is 13.3. The van der Waals surface area contributed by atoms with E-state index < -0.39 is 0 Å². The molecular formula is C24H27FN4O2. The predicted molar refractivity (Wildman–Crippen MR) is 115 cm³/mol. The van der Waals surface area contributed by atoms with Crippen LogP contribution < -0.4 is 0 Å². The molecule has 3 heterocycles. The number of carbonyl (C=O) groups is 1. The van der Waals surface area contributed by atoms with Gasteiger partial charge in [-0.25, -0.2) is 13.9 Å². The SMILES string of the molecule is COC(=O)c1cccn1C1CCN(Cc2nn(-c3ccc(F)cc3)c3c2CCC3)CC1. The zero-order valence-electron chi connectivity index (χ0n) is 17.8. The fourth-order valence-corrected chi connectivity index (χ4v) is 4.99. The van der Waals surface area contributed by atoms with Crippen LogP contribution in [0.3, 0.4) is 0 Å². The summed E-state index contributed by atoms with van der Waals surface area (Å²) in [7, 11) is 1.42. The monoisotopic (exact) mass is 422 g/mol. The number of ether oxygens (including phenoxy) is 1. The van der Waals surface area contributed by atoms with Gasteiger partial charge in [0, 0.05) is 37.6 Å². The first-order valence-corrected chi connectivity index (χ1v) is 11.0. The largest absolute Gasteiger partial charge is 0.464 e. The fraction of sp³-hybridized carbons (Fsp3) is 0.417. The first-order valence-electron chi connectivity index (χ1n) is 11.0. The minimum Gasteiger partial charge on any atom is -0.464 e. The first kappa shape index (κ1) is 20.0. The molecule has 7 heteroatoms. The molecule has 1 aliphatic carbocycles. The van der Waals surface area contributed by atoms with Gasteiger partial charge in [0.15, 0.2) is 0 Å². The summed E-state index contributed by atoms with van der Waals surface area (Å²) in [6.45, 7) is 2.75. The summed E-state index contributed by atoms with van der Waals surface area (Å²) < 4.78 is 22.3. The predicted octanol–water partition coefficient (Wildman–Crippen LogP) is 3.93. The van der Waals surface area contributed by atoms with Crippen molar-refractivity contribution in [3.05, 3.63) is 71.1 Å². The highest BCUT2D eigenvalue weighted by Crippen LogP contribution is 2.30. The number of hydrogen-bond acceptors (Lipinski definition) is 4. The van der Waals surface area contributed by atoms with E-state index in [2.05, 4.69) is 9.47 Å². The average molecular weight is 423 g/mol. The van der Waals surface area contributed by atoms with Crippen LogP contribution >= 0.6 is 0 Å². The van der Waals surface area contributed by atoms with Gasteiger partial charge in [0.1, 0.15) is 11.5 Å². The van der Waals surface area contributed by atoms with Gasteiger partial charge in [-0.3, -0.25) is 4.90 Å². The smallest absolute Gasteiger partial charge is 0.354 e. The molecule has 5 rings (SSSR count). The molecule has 0 spiro atoms. The lowest BCUT2D eigenvalue weighted by Crippen LogP contribution is -2.35. The van der Waals surface area contributed by atoms with Gasteiger partial charge in [-0.1, -0.05) is 0 Å². The normalized spacial score (nSPS) is 17.1. The third kappa shape index (κ3) is 3.78. The van der Waals surface area contributed by atoms with E-state index in [1.807, 2.05) is 23.0 Å². The van der Waals surface area contributed by atoms with Crippen molar-refractivity contribution in [3.63, 3.8) is 0 Å². The van der Waals surface area contributed by atoms with Crippen molar-refractivity contribution in [1.82, 2.24) is 19.2 Å². The Balaban J connectivity index is 1.29. The van der Waals surface area contributed by atoms with E-state index in [0.717, 1.165) is 63.1 Å². The fourth-order valence-electron chi connectivity index (χ4n) is 4.99. The molecule has 0 N–H and O–H groups in total. The second kappa shape index (κ2) is 8.30. The Morgan fingerprint density at radius 2 is 1.94 bits per heavy atom. The van der Waals surface area contributed by atoms with Gasteiger partial charge in [0.2, 0.25) is 0 Å². The molecular weight excluding hydrogens is 395 g/mol. The minimum atomic E-state index is -0.283. The molecule has 1 aliphatic heterocycles. The van der Waals surface area contributed by atoms with E-state index in [9.17, 15) is 9.18 Å². The number of rotatable bonds is 5.